The largest absolute Gasteiger partial charge is 0.508 e. The van der Waals surface area contributed by atoms with E-state index in [9.17, 15) is 24.6 Å². The molecular formula is C22H37N7O5. The highest BCUT2D eigenvalue weighted by atomic mass is 16.4. The lowest BCUT2D eigenvalue weighted by Crippen LogP contribution is -2.54. The van der Waals surface area contributed by atoms with Crippen LogP contribution in [-0.4, -0.2) is 65.2 Å². The van der Waals surface area contributed by atoms with E-state index in [1.807, 2.05) is 0 Å². The number of aliphatic carboxylic acids is 1. The van der Waals surface area contributed by atoms with Crippen LogP contribution in [0.15, 0.2) is 29.3 Å². The summed E-state index contributed by atoms with van der Waals surface area (Å²) in [6.07, 6.45) is 2.81. The Balaban J connectivity index is 2.73. The Morgan fingerprint density at radius 3 is 2.15 bits per heavy atom. The zero-order chi connectivity index (χ0) is 25.5. The number of aryl methyl sites for hydroxylation is 1. The second-order valence-corrected chi connectivity index (χ2v) is 8.01. The summed E-state index contributed by atoms with van der Waals surface area (Å²) in [5, 5.41) is 24.1. The van der Waals surface area contributed by atoms with E-state index in [-0.39, 0.29) is 18.1 Å². The maximum atomic E-state index is 12.9. The van der Waals surface area contributed by atoms with Crippen molar-refractivity contribution in [2.45, 2.75) is 63.1 Å². The number of benzene rings is 1. The number of amides is 2. The van der Waals surface area contributed by atoms with E-state index in [1.54, 1.807) is 12.1 Å². The summed E-state index contributed by atoms with van der Waals surface area (Å²) in [5.41, 5.74) is 22.8. The molecule has 0 fully saturated rings. The Morgan fingerprint density at radius 1 is 0.912 bits per heavy atom. The van der Waals surface area contributed by atoms with E-state index in [0.717, 1.165) is 5.56 Å². The molecule has 0 radical (unpaired) electrons. The quantitative estimate of drug-likeness (QED) is 0.0814. The van der Waals surface area contributed by atoms with Gasteiger partial charge in [0.2, 0.25) is 11.8 Å². The van der Waals surface area contributed by atoms with Gasteiger partial charge in [0.15, 0.2) is 5.96 Å². The number of nitrogens with one attached hydrogen (secondary N) is 2. The molecule has 0 heterocycles. The molecule has 12 nitrogen and oxygen atoms in total. The second kappa shape index (κ2) is 15.5. The summed E-state index contributed by atoms with van der Waals surface area (Å²) in [4.78, 5) is 40.9. The van der Waals surface area contributed by atoms with Crippen LogP contribution in [0.25, 0.3) is 0 Å². The highest BCUT2D eigenvalue weighted by Crippen LogP contribution is 2.12. The van der Waals surface area contributed by atoms with Crippen LogP contribution in [0.2, 0.25) is 0 Å². The van der Waals surface area contributed by atoms with Crippen LogP contribution in [0.3, 0.4) is 0 Å². The molecule has 1 aromatic carbocycles. The van der Waals surface area contributed by atoms with Crippen molar-refractivity contribution in [1.82, 2.24) is 10.6 Å². The zero-order valence-electron chi connectivity index (χ0n) is 19.3. The lowest BCUT2D eigenvalue weighted by molar-refractivity contribution is -0.142. The van der Waals surface area contributed by atoms with E-state index < -0.39 is 35.9 Å². The molecule has 0 saturated heterocycles. The second-order valence-electron chi connectivity index (χ2n) is 8.01. The minimum Gasteiger partial charge on any atom is -0.508 e. The minimum absolute atomic E-state index is 0.0481. The zero-order valence-corrected chi connectivity index (χ0v) is 19.3. The molecule has 0 spiro atoms. The van der Waals surface area contributed by atoms with Gasteiger partial charge in [-0.15, -0.1) is 0 Å². The fourth-order valence-electron chi connectivity index (χ4n) is 3.19. The molecule has 2 amide bonds. The van der Waals surface area contributed by atoms with Gasteiger partial charge in [-0.25, -0.2) is 4.79 Å². The summed E-state index contributed by atoms with van der Waals surface area (Å²) >= 11 is 0. The number of carbonyl (C=O) groups excluding carboxylic acids is 2. The van der Waals surface area contributed by atoms with Crippen molar-refractivity contribution >= 4 is 23.7 Å². The van der Waals surface area contributed by atoms with Gasteiger partial charge in [-0.3, -0.25) is 14.6 Å². The van der Waals surface area contributed by atoms with Gasteiger partial charge in [0.05, 0.1) is 6.04 Å². The number of aromatic hydroxyl groups is 1. The number of guanidine groups is 1. The van der Waals surface area contributed by atoms with Gasteiger partial charge < -0.3 is 43.8 Å². The van der Waals surface area contributed by atoms with Crippen LogP contribution < -0.4 is 33.6 Å². The summed E-state index contributed by atoms with van der Waals surface area (Å²) in [6.45, 7) is 0.752. The number of unbranched alkanes of at least 4 members (excludes halogenated alkanes) is 1. The molecular weight excluding hydrogens is 442 g/mol. The number of carbonyl (C=O) groups is 3. The topological polar surface area (TPSA) is 232 Å². The van der Waals surface area contributed by atoms with Gasteiger partial charge >= 0.3 is 5.97 Å². The van der Waals surface area contributed by atoms with Crippen LogP contribution in [0.4, 0.5) is 0 Å². The van der Waals surface area contributed by atoms with Crippen LogP contribution in [0.1, 0.15) is 44.1 Å². The summed E-state index contributed by atoms with van der Waals surface area (Å²) in [5.74, 6) is -2.24. The molecule has 3 atom stereocenters. The van der Waals surface area contributed by atoms with Gasteiger partial charge in [0, 0.05) is 6.54 Å². The third-order valence-corrected chi connectivity index (χ3v) is 5.16. The maximum absolute atomic E-state index is 12.9. The number of carboxylic acid groups (broad SMARTS) is 1. The first-order chi connectivity index (χ1) is 16.1. The standard InChI is InChI=1S/C22H37N7O5/c23-12-2-1-5-17(28-19(31)16(24)4-3-13-27-22(25)26)20(32)29-18(21(33)34)11-8-14-6-9-15(30)10-7-14/h6-7,9-10,16-18,30H,1-5,8,11-13,23-24H2,(H,28,31)(H,29,32)(H,33,34)(H4,25,26,27)/t16-,17-,18-/m0/s1. The summed E-state index contributed by atoms with van der Waals surface area (Å²) in [7, 11) is 0. The Labute approximate surface area is 199 Å². The molecule has 0 aromatic heterocycles. The molecule has 34 heavy (non-hydrogen) atoms. The maximum Gasteiger partial charge on any atom is 0.326 e. The fraction of sp³-hybridized carbons (Fsp3) is 0.545. The summed E-state index contributed by atoms with van der Waals surface area (Å²) < 4.78 is 0. The van der Waals surface area contributed by atoms with Gasteiger partial charge in [-0.05, 0) is 69.2 Å². The number of aliphatic imine (C=N–C) groups is 1. The number of phenolic OH excluding ortho intramolecular Hbond substituents is 1. The molecule has 0 bridgehead atoms. The van der Waals surface area contributed by atoms with Crippen molar-refractivity contribution < 1.29 is 24.6 Å². The van der Waals surface area contributed by atoms with E-state index >= 15 is 0 Å². The van der Waals surface area contributed by atoms with E-state index in [2.05, 4.69) is 15.6 Å². The third-order valence-electron chi connectivity index (χ3n) is 5.16. The minimum atomic E-state index is -1.18. The van der Waals surface area contributed by atoms with Crippen LogP contribution >= 0.6 is 0 Å². The van der Waals surface area contributed by atoms with Crippen molar-refractivity contribution in [2.24, 2.45) is 27.9 Å². The van der Waals surface area contributed by atoms with E-state index in [0.29, 0.717) is 51.6 Å². The van der Waals surface area contributed by atoms with Crippen LogP contribution in [0, 0.1) is 0 Å². The number of rotatable bonds is 16. The lowest BCUT2D eigenvalue weighted by atomic mass is 10.0. The monoisotopic (exact) mass is 479 g/mol. The Kier molecular flexibility index (Phi) is 13.0. The number of hydrogen-bond donors (Lipinski definition) is 8. The van der Waals surface area contributed by atoms with Crippen LogP contribution in [-0.2, 0) is 20.8 Å². The smallest absolute Gasteiger partial charge is 0.326 e. The molecule has 1 rings (SSSR count). The Hall–Kier alpha value is -3.38. The first kappa shape index (κ1) is 28.7. The lowest BCUT2D eigenvalue weighted by Gasteiger charge is -2.23. The Bertz CT molecular complexity index is 812. The molecule has 12 N–H and O–H groups in total. The van der Waals surface area contributed by atoms with Gasteiger partial charge in [-0.2, -0.15) is 0 Å². The predicted molar refractivity (Wildman–Crippen MR) is 129 cm³/mol. The molecule has 0 aliphatic carbocycles. The van der Waals surface area contributed by atoms with Crippen molar-refractivity contribution in [3.05, 3.63) is 29.8 Å². The van der Waals surface area contributed by atoms with E-state index in [4.69, 9.17) is 22.9 Å². The number of carboxylic acids is 1. The van der Waals surface area contributed by atoms with Crippen LogP contribution in [0.5, 0.6) is 5.75 Å². The highest BCUT2D eigenvalue weighted by Gasteiger charge is 2.27. The first-order valence-corrected chi connectivity index (χ1v) is 11.3. The average molecular weight is 480 g/mol. The van der Waals surface area contributed by atoms with Crippen molar-refractivity contribution in [3.8, 4) is 5.75 Å². The van der Waals surface area contributed by atoms with Gasteiger partial charge in [0.25, 0.3) is 0 Å². The molecule has 0 aliphatic heterocycles. The number of nitrogens with zero attached hydrogens (tertiary/aromatic N) is 1. The number of hydrogen-bond acceptors (Lipinski definition) is 7. The van der Waals surface area contributed by atoms with Crippen molar-refractivity contribution in [2.75, 3.05) is 13.1 Å². The number of nitrogens with two attached hydrogens (primary N) is 4. The SMILES string of the molecule is NCCCC[C@H](NC(=O)[C@@H](N)CCCN=C(N)N)C(=O)N[C@@H](CCc1ccc(O)cc1)C(=O)O. The molecule has 0 unspecified atom stereocenters. The fourth-order valence-corrected chi connectivity index (χ4v) is 3.19. The Morgan fingerprint density at radius 2 is 1.56 bits per heavy atom. The van der Waals surface area contributed by atoms with Gasteiger partial charge in [0.1, 0.15) is 17.8 Å². The summed E-state index contributed by atoms with van der Waals surface area (Å²) in [6, 6.07) is 3.41. The molecule has 190 valence electrons. The van der Waals surface area contributed by atoms with Crippen molar-refractivity contribution in [1.29, 1.82) is 0 Å². The first-order valence-electron chi connectivity index (χ1n) is 11.3. The number of phenols is 1. The normalized spacial score (nSPS) is 13.4. The van der Waals surface area contributed by atoms with Crippen molar-refractivity contribution in [3.63, 3.8) is 0 Å². The third kappa shape index (κ3) is 11.5. The highest BCUT2D eigenvalue weighted by molar-refractivity contribution is 5.91. The molecule has 1 aromatic rings. The predicted octanol–water partition coefficient (Wildman–Crippen LogP) is -1.11. The molecule has 12 heteroatoms. The molecule has 0 aliphatic rings. The molecule has 0 saturated carbocycles. The van der Waals surface area contributed by atoms with Gasteiger partial charge in [-0.1, -0.05) is 12.1 Å². The average Bonchev–Trinajstić information content (AvgIpc) is 2.79. The van der Waals surface area contributed by atoms with E-state index in [1.165, 1.54) is 12.1 Å².